The first-order chi connectivity index (χ1) is 9.18. The molecule has 2 rings (SSSR count). The third-order valence-corrected chi connectivity index (χ3v) is 3.67. The summed E-state index contributed by atoms with van der Waals surface area (Å²) in [6.45, 7) is 6.73. The molecule has 0 aliphatic carbocycles. The molecule has 0 aliphatic heterocycles. The molecule has 0 radical (unpaired) electrons. The van der Waals surface area contributed by atoms with E-state index in [0.29, 0.717) is 11.8 Å². The highest BCUT2D eigenvalue weighted by Gasteiger charge is 2.10. The second-order valence-electron chi connectivity index (χ2n) is 5.46. The van der Waals surface area contributed by atoms with Crippen molar-refractivity contribution in [3.8, 4) is 0 Å². The quantitative estimate of drug-likeness (QED) is 0.793. The Kier molecular flexibility index (Phi) is 4.67. The molecule has 0 amide bonds. The highest BCUT2D eigenvalue weighted by molar-refractivity contribution is 5.26. The molecule has 2 aromatic heterocycles. The van der Waals surface area contributed by atoms with E-state index in [1.807, 2.05) is 30.9 Å². The summed E-state index contributed by atoms with van der Waals surface area (Å²) in [5.74, 6) is 1.08. The molecule has 0 aromatic carbocycles. The van der Waals surface area contributed by atoms with Crippen molar-refractivity contribution in [1.29, 1.82) is 0 Å². The van der Waals surface area contributed by atoms with Gasteiger partial charge in [-0.2, -0.15) is 0 Å². The fourth-order valence-corrected chi connectivity index (χ4v) is 2.39. The zero-order chi connectivity index (χ0) is 13.7. The van der Waals surface area contributed by atoms with Crippen molar-refractivity contribution in [3.63, 3.8) is 0 Å². The molecule has 0 aliphatic rings. The van der Waals surface area contributed by atoms with Crippen molar-refractivity contribution in [1.82, 2.24) is 9.97 Å². The van der Waals surface area contributed by atoms with Crippen LogP contribution in [0.4, 0.5) is 0 Å². The van der Waals surface area contributed by atoms with Crippen molar-refractivity contribution < 1.29 is 0 Å². The average molecular weight is 254 g/mol. The van der Waals surface area contributed by atoms with E-state index >= 15 is 0 Å². The molecule has 0 bridgehead atoms. The van der Waals surface area contributed by atoms with E-state index < -0.39 is 0 Å². The van der Waals surface area contributed by atoms with Gasteiger partial charge in [-0.1, -0.05) is 26.8 Å². The average Bonchev–Trinajstić information content (AvgIpc) is 2.46. The summed E-state index contributed by atoms with van der Waals surface area (Å²) in [5, 5.41) is 0. The minimum atomic E-state index is 0.539. The van der Waals surface area contributed by atoms with Crippen LogP contribution in [0.5, 0.6) is 0 Å². The Balaban J connectivity index is 2.03. The molecule has 100 valence electrons. The fraction of sp³-hybridized carbons (Fsp3) is 0.412. The maximum absolute atomic E-state index is 4.24. The van der Waals surface area contributed by atoms with Gasteiger partial charge in [-0.05, 0) is 53.5 Å². The van der Waals surface area contributed by atoms with E-state index in [-0.39, 0.29) is 0 Å². The van der Waals surface area contributed by atoms with E-state index in [1.54, 1.807) is 0 Å². The molecule has 19 heavy (non-hydrogen) atoms. The first-order valence-electron chi connectivity index (χ1n) is 7.01. The number of aryl methyl sites for hydroxylation is 1. The van der Waals surface area contributed by atoms with E-state index in [2.05, 4.69) is 42.9 Å². The van der Waals surface area contributed by atoms with Crippen LogP contribution in [0.1, 0.15) is 55.7 Å². The molecule has 2 heterocycles. The predicted molar refractivity (Wildman–Crippen MR) is 79.3 cm³/mol. The Morgan fingerprint density at radius 2 is 1.79 bits per heavy atom. The largest absolute Gasteiger partial charge is 0.264 e. The lowest BCUT2D eigenvalue weighted by molar-refractivity contribution is 0.668. The zero-order valence-electron chi connectivity index (χ0n) is 12.0. The van der Waals surface area contributed by atoms with E-state index in [4.69, 9.17) is 0 Å². The fourth-order valence-electron chi connectivity index (χ4n) is 2.39. The monoisotopic (exact) mass is 254 g/mol. The minimum Gasteiger partial charge on any atom is -0.264 e. The Bertz CT molecular complexity index is 506. The molecule has 1 unspecified atom stereocenters. The van der Waals surface area contributed by atoms with Gasteiger partial charge in [-0.25, -0.2) is 0 Å². The molecular formula is C17H22N2. The lowest BCUT2D eigenvalue weighted by Gasteiger charge is -2.15. The standard InChI is InChI=1S/C17H22N2/c1-13(2)17-12-19-10-8-15(17)7-6-14(3)16-5-4-9-18-11-16/h4-5,8-14H,6-7H2,1-3H3. The third kappa shape index (κ3) is 3.63. The summed E-state index contributed by atoms with van der Waals surface area (Å²) in [7, 11) is 0. The van der Waals surface area contributed by atoms with Crippen LogP contribution in [0, 0.1) is 0 Å². The zero-order valence-corrected chi connectivity index (χ0v) is 12.0. The van der Waals surface area contributed by atoms with Crippen molar-refractivity contribution in [2.24, 2.45) is 0 Å². The molecule has 1 atom stereocenters. The lowest BCUT2D eigenvalue weighted by Crippen LogP contribution is -2.01. The van der Waals surface area contributed by atoms with Crippen molar-refractivity contribution in [2.45, 2.75) is 45.4 Å². The molecule has 0 N–H and O–H groups in total. The number of hydrogen-bond donors (Lipinski definition) is 0. The van der Waals surface area contributed by atoms with Gasteiger partial charge in [0.2, 0.25) is 0 Å². The summed E-state index contributed by atoms with van der Waals surface area (Å²) in [6, 6.07) is 6.33. The van der Waals surface area contributed by atoms with Gasteiger partial charge < -0.3 is 0 Å². The SMILES string of the molecule is CC(C)c1cnccc1CCC(C)c1cccnc1. The molecule has 2 heteroatoms. The van der Waals surface area contributed by atoms with E-state index in [0.717, 1.165) is 12.8 Å². The predicted octanol–water partition coefficient (Wildman–Crippen LogP) is 4.34. The van der Waals surface area contributed by atoms with Crippen LogP contribution in [0.2, 0.25) is 0 Å². The van der Waals surface area contributed by atoms with Gasteiger partial charge in [0.05, 0.1) is 0 Å². The van der Waals surface area contributed by atoms with Crippen molar-refractivity contribution in [2.75, 3.05) is 0 Å². The minimum absolute atomic E-state index is 0.539. The number of nitrogens with zero attached hydrogens (tertiary/aromatic N) is 2. The summed E-state index contributed by atoms with van der Waals surface area (Å²) >= 11 is 0. The molecule has 0 fully saturated rings. The highest BCUT2D eigenvalue weighted by Crippen LogP contribution is 2.24. The van der Waals surface area contributed by atoms with Gasteiger partial charge in [0.15, 0.2) is 0 Å². The van der Waals surface area contributed by atoms with Crippen LogP contribution in [-0.2, 0) is 6.42 Å². The van der Waals surface area contributed by atoms with Crippen LogP contribution in [0.25, 0.3) is 0 Å². The maximum Gasteiger partial charge on any atom is 0.0305 e. The number of pyridine rings is 2. The van der Waals surface area contributed by atoms with Gasteiger partial charge in [0, 0.05) is 24.8 Å². The summed E-state index contributed by atoms with van der Waals surface area (Å²) in [5.41, 5.74) is 4.13. The van der Waals surface area contributed by atoms with E-state index in [9.17, 15) is 0 Å². The first kappa shape index (κ1) is 13.7. The second-order valence-corrected chi connectivity index (χ2v) is 5.46. The lowest BCUT2D eigenvalue weighted by atomic mass is 9.91. The Morgan fingerprint density at radius 3 is 2.47 bits per heavy atom. The van der Waals surface area contributed by atoms with Crippen LogP contribution >= 0.6 is 0 Å². The van der Waals surface area contributed by atoms with Gasteiger partial charge in [-0.3, -0.25) is 9.97 Å². The number of hydrogen-bond acceptors (Lipinski definition) is 2. The van der Waals surface area contributed by atoms with Gasteiger partial charge in [0.1, 0.15) is 0 Å². The molecule has 0 saturated heterocycles. The molecule has 0 spiro atoms. The first-order valence-corrected chi connectivity index (χ1v) is 7.01. The maximum atomic E-state index is 4.24. The Morgan fingerprint density at radius 1 is 1.00 bits per heavy atom. The topological polar surface area (TPSA) is 25.8 Å². The highest BCUT2D eigenvalue weighted by atomic mass is 14.6. The van der Waals surface area contributed by atoms with Gasteiger partial charge >= 0.3 is 0 Å². The number of aromatic nitrogens is 2. The molecule has 0 saturated carbocycles. The van der Waals surface area contributed by atoms with Crippen LogP contribution < -0.4 is 0 Å². The Hall–Kier alpha value is -1.70. The third-order valence-electron chi connectivity index (χ3n) is 3.67. The normalized spacial score (nSPS) is 12.6. The van der Waals surface area contributed by atoms with Crippen LogP contribution in [-0.4, -0.2) is 9.97 Å². The number of rotatable bonds is 5. The van der Waals surface area contributed by atoms with E-state index in [1.165, 1.54) is 16.7 Å². The van der Waals surface area contributed by atoms with Crippen LogP contribution in [0.3, 0.4) is 0 Å². The summed E-state index contributed by atoms with van der Waals surface area (Å²) in [6.07, 6.45) is 9.96. The smallest absolute Gasteiger partial charge is 0.0305 e. The second kappa shape index (κ2) is 6.46. The summed E-state index contributed by atoms with van der Waals surface area (Å²) in [4.78, 5) is 8.44. The summed E-state index contributed by atoms with van der Waals surface area (Å²) < 4.78 is 0. The van der Waals surface area contributed by atoms with Crippen molar-refractivity contribution in [3.05, 3.63) is 59.7 Å². The molecular weight excluding hydrogens is 232 g/mol. The van der Waals surface area contributed by atoms with Crippen molar-refractivity contribution >= 4 is 0 Å². The molecule has 2 nitrogen and oxygen atoms in total. The van der Waals surface area contributed by atoms with Crippen LogP contribution in [0.15, 0.2) is 43.0 Å². The van der Waals surface area contributed by atoms with Gasteiger partial charge in [0.25, 0.3) is 0 Å². The molecule has 2 aromatic rings. The Labute approximate surface area is 115 Å². The van der Waals surface area contributed by atoms with Gasteiger partial charge in [-0.15, -0.1) is 0 Å².